The number of piperidine rings is 1. The monoisotopic (exact) mass is 338 g/mol. The summed E-state index contributed by atoms with van der Waals surface area (Å²) in [5.74, 6) is 0.753. The number of amides is 1. The van der Waals surface area contributed by atoms with E-state index in [4.69, 9.17) is 0 Å². The van der Waals surface area contributed by atoms with Crippen LogP contribution in [0.5, 0.6) is 0 Å². The van der Waals surface area contributed by atoms with Gasteiger partial charge in [-0.15, -0.1) is 0 Å². The van der Waals surface area contributed by atoms with E-state index in [9.17, 15) is 4.79 Å². The molecule has 20 heavy (non-hydrogen) atoms. The van der Waals surface area contributed by atoms with E-state index in [0.29, 0.717) is 12.0 Å². The van der Waals surface area contributed by atoms with Crippen LogP contribution in [-0.4, -0.2) is 29.9 Å². The van der Waals surface area contributed by atoms with E-state index in [2.05, 4.69) is 46.4 Å². The molecule has 1 aromatic carbocycles. The summed E-state index contributed by atoms with van der Waals surface area (Å²) in [5, 5.41) is 3.67. The second-order valence-corrected chi connectivity index (χ2v) is 6.36. The number of likely N-dealkylation sites (tertiary alicyclic amines) is 1. The lowest BCUT2D eigenvalue weighted by molar-refractivity contribution is -0.131. The van der Waals surface area contributed by atoms with Gasteiger partial charge < -0.3 is 10.2 Å². The first-order valence-corrected chi connectivity index (χ1v) is 8.13. The smallest absolute Gasteiger partial charge is 0.219 e. The Kier molecular flexibility index (Phi) is 5.61. The maximum absolute atomic E-state index is 11.5. The van der Waals surface area contributed by atoms with Crippen molar-refractivity contribution in [2.24, 2.45) is 5.92 Å². The summed E-state index contributed by atoms with van der Waals surface area (Å²) < 4.78 is 1.15. The van der Waals surface area contributed by atoms with Crippen LogP contribution in [0.3, 0.4) is 0 Å². The normalized spacial score (nSPS) is 22.9. The van der Waals surface area contributed by atoms with Gasteiger partial charge in [-0.3, -0.25) is 4.79 Å². The Labute approximate surface area is 129 Å². The summed E-state index contributed by atoms with van der Waals surface area (Å²) in [6.07, 6.45) is 2.15. The average molecular weight is 339 g/mol. The zero-order valence-electron chi connectivity index (χ0n) is 12.2. The summed E-state index contributed by atoms with van der Waals surface area (Å²) >= 11 is 3.59. The topological polar surface area (TPSA) is 32.3 Å². The van der Waals surface area contributed by atoms with Crippen molar-refractivity contribution in [3.63, 3.8) is 0 Å². The molecule has 4 heteroatoms. The van der Waals surface area contributed by atoms with Gasteiger partial charge in [0.25, 0.3) is 0 Å². The van der Waals surface area contributed by atoms with Gasteiger partial charge in [0.05, 0.1) is 0 Å². The minimum absolute atomic E-state index is 0.202. The van der Waals surface area contributed by atoms with Crippen LogP contribution >= 0.6 is 15.9 Å². The quantitative estimate of drug-likeness (QED) is 0.914. The number of benzene rings is 1. The van der Waals surface area contributed by atoms with Crippen LogP contribution in [0, 0.1) is 5.92 Å². The van der Waals surface area contributed by atoms with Crippen LogP contribution in [0.25, 0.3) is 0 Å². The molecule has 110 valence electrons. The molecular formula is C16H23BrN2O. The van der Waals surface area contributed by atoms with E-state index < -0.39 is 0 Å². The molecule has 0 bridgehead atoms. The second-order valence-electron chi connectivity index (χ2n) is 5.50. The van der Waals surface area contributed by atoms with Gasteiger partial charge in [-0.1, -0.05) is 47.5 Å². The molecule has 1 fully saturated rings. The average Bonchev–Trinajstić information content (AvgIpc) is 2.46. The van der Waals surface area contributed by atoms with Gasteiger partial charge >= 0.3 is 0 Å². The van der Waals surface area contributed by atoms with Crippen molar-refractivity contribution in [2.45, 2.75) is 39.3 Å². The van der Waals surface area contributed by atoms with Crippen LogP contribution in [0.4, 0.5) is 0 Å². The largest absolute Gasteiger partial charge is 0.343 e. The molecule has 1 aliphatic heterocycles. The molecule has 2 rings (SSSR count). The number of nitrogens with zero attached hydrogens (tertiary/aromatic N) is 1. The fourth-order valence-corrected chi connectivity index (χ4v) is 3.31. The minimum Gasteiger partial charge on any atom is -0.343 e. The Morgan fingerprint density at radius 2 is 2.20 bits per heavy atom. The molecule has 0 saturated carbocycles. The number of rotatable bonds is 4. The number of hydrogen-bond acceptors (Lipinski definition) is 2. The predicted octanol–water partition coefficient (Wildman–Crippen LogP) is 3.19. The van der Waals surface area contributed by atoms with Gasteiger partial charge in [-0.2, -0.15) is 0 Å². The first kappa shape index (κ1) is 15.5. The Hall–Kier alpha value is -0.870. The molecule has 0 spiro atoms. The number of nitrogens with one attached hydrogen (secondary N) is 1. The summed E-state index contributed by atoms with van der Waals surface area (Å²) in [5.41, 5.74) is 1.29. The number of carbonyl (C=O) groups is 1. The van der Waals surface area contributed by atoms with E-state index in [-0.39, 0.29) is 5.91 Å². The molecule has 2 unspecified atom stereocenters. The standard InChI is InChI=1S/C16H23BrN2O/c1-3-13-11-19(12(2)20)9-8-16(13)18-10-14-6-4-5-7-15(14)17/h4-7,13,16,18H,3,8-11H2,1-2H3. The van der Waals surface area contributed by atoms with E-state index in [1.54, 1.807) is 6.92 Å². The highest BCUT2D eigenvalue weighted by Crippen LogP contribution is 2.22. The third kappa shape index (κ3) is 3.83. The molecule has 0 aromatic heterocycles. The molecule has 1 aromatic rings. The van der Waals surface area contributed by atoms with Crippen LogP contribution in [0.1, 0.15) is 32.3 Å². The summed E-state index contributed by atoms with van der Waals surface area (Å²) in [7, 11) is 0. The third-order valence-electron chi connectivity index (χ3n) is 4.22. The Balaban J connectivity index is 1.92. The summed E-state index contributed by atoms with van der Waals surface area (Å²) in [6.45, 7) is 6.52. The number of halogens is 1. The molecule has 1 saturated heterocycles. The number of carbonyl (C=O) groups excluding carboxylic acids is 1. The Bertz CT molecular complexity index is 464. The highest BCUT2D eigenvalue weighted by Gasteiger charge is 2.28. The van der Waals surface area contributed by atoms with Crippen molar-refractivity contribution in [2.75, 3.05) is 13.1 Å². The third-order valence-corrected chi connectivity index (χ3v) is 4.99. The van der Waals surface area contributed by atoms with Crippen molar-refractivity contribution >= 4 is 21.8 Å². The number of hydrogen-bond donors (Lipinski definition) is 1. The van der Waals surface area contributed by atoms with E-state index in [0.717, 1.165) is 36.9 Å². The lowest BCUT2D eigenvalue weighted by Crippen LogP contribution is -2.50. The molecule has 1 heterocycles. The van der Waals surface area contributed by atoms with Gasteiger partial charge in [0, 0.05) is 37.1 Å². The fourth-order valence-electron chi connectivity index (χ4n) is 2.88. The van der Waals surface area contributed by atoms with Crippen molar-refractivity contribution < 1.29 is 4.79 Å². The summed E-state index contributed by atoms with van der Waals surface area (Å²) in [6, 6.07) is 8.82. The van der Waals surface area contributed by atoms with Crippen LogP contribution in [0.15, 0.2) is 28.7 Å². The van der Waals surface area contributed by atoms with Gasteiger partial charge in [-0.25, -0.2) is 0 Å². The van der Waals surface area contributed by atoms with Gasteiger partial charge in [0.2, 0.25) is 5.91 Å². The minimum atomic E-state index is 0.202. The second kappa shape index (κ2) is 7.23. The Morgan fingerprint density at radius 3 is 2.85 bits per heavy atom. The molecule has 1 N–H and O–H groups in total. The van der Waals surface area contributed by atoms with Crippen LogP contribution < -0.4 is 5.32 Å². The van der Waals surface area contributed by atoms with Gasteiger partial charge in [0.15, 0.2) is 0 Å². The first-order chi connectivity index (χ1) is 9.61. The lowest BCUT2D eigenvalue weighted by Gasteiger charge is -2.38. The SMILES string of the molecule is CCC1CN(C(C)=O)CCC1NCc1ccccc1Br. The molecule has 1 amide bonds. The molecule has 1 aliphatic rings. The highest BCUT2D eigenvalue weighted by atomic mass is 79.9. The Morgan fingerprint density at radius 1 is 1.45 bits per heavy atom. The van der Waals surface area contributed by atoms with E-state index in [1.165, 1.54) is 5.56 Å². The molecule has 0 aliphatic carbocycles. The van der Waals surface area contributed by atoms with Crippen molar-refractivity contribution in [1.29, 1.82) is 0 Å². The zero-order chi connectivity index (χ0) is 14.5. The zero-order valence-corrected chi connectivity index (χ0v) is 13.8. The van der Waals surface area contributed by atoms with E-state index in [1.807, 2.05) is 11.0 Å². The van der Waals surface area contributed by atoms with Gasteiger partial charge in [-0.05, 0) is 24.0 Å². The summed E-state index contributed by atoms with van der Waals surface area (Å²) in [4.78, 5) is 13.5. The lowest BCUT2D eigenvalue weighted by atomic mass is 9.89. The fraction of sp³-hybridized carbons (Fsp3) is 0.562. The molecule has 3 nitrogen and oxygen atoms in total. The highest BCUT2D eigenvalue weighted by molar-refractivity contribution is 9.10. The maximum atomic E-state index is 11.5. The van der Waals surface area contributed by atoms with E-state index >= 15 is 0 Å². The molecular weight excluding hydrogens is 316 g/mol. The first-order valence-electron chi connectivity index (χ1n) is 7.34. The predicted molar refractivity (Wildman–Crippen MR) is 85.4 cm³/mol. The molecule has 0 radical (unpaired) electrons. The van der Waals surface area contributed by atoms with Crippen LogP contribution in [0.2, 0.25) is 0 Å². The van der Waals surface area contributed by atoms with Crippen molar-refractivity contribution in [3.8, 4) is 0 Å². The van der Waals surface area contributed by atoms with Crippen LogP contribution in [-0.2, 0) is 11.3 Å². The maximum Gasteiger partial charge on any atom is 0.219 e. The van der Waals surface area contributed by atoms with Crippen molar-refractivity contribution in [1.82, 2.24) is 10.2 Å². The van der Waals surface area contributed by atoms with Gasteiger partial charge in [0.1, 0.15) is 0 Å². The van der Waals surface area contributed by atoms with Crippen molar-refractivity contribution in [3.05, 3.63) is 34.3 Å². The molecule has 2 atom stereocenters.